The zero-order valence-electron chi connectivity index (χ0n) is 14.0. The van der Waals surface area contributed by atoms with Gasteiger partial charge in [0, 0.05) is 6.54 Å². The Labute approximate surface area is 139 Å². The molecule has 1 amide bonds. The number of hydrogen-bond donors (Lipinski definition) is 3. The van der Waals surface area contributed by atoms with E-state index in [-0.39, 0.29) is 0 Å². The van der Waals surface area contributed by atoms with E-state index in [0.717, 1.165) is 28.5 Å². The van der Waals surface area contributed by atoms with Gasteiger partial charge in [0.1, 0.15) is 0 Å². The summed E-state index contributed by atoms with van der Waals surface area (Å²) in [6.45, 7) is 6.02. The number of aromatic hydroxyl groups is 1. The van der Waals surface area contributed by atoms with Crippen LogP contribution in [0, 0.1) is 13.8 Å². The fourth-order valence-corrected chi connectivity index (χ4v) is 2.40. The van der Waals surface area contributed by atoms with Crippen molar-refractivity contribution < 1.29 is 9.90 Å². The predicted octanol–water partition coefficient (Wildman–Crippen LogP) is 1.38. The zero-order valence-corrected chi connectivity index (χ0v) is 14.0. The maximum atomic E-state index is 12.2. The van der Waals surface area contributed by atoms with Crippen molar-refractivity contribution in [3.8, 4) is 11.6 Å². The lowest BCUT2D eigenvalue weighted by atomic mass is 10.1. The number of aromatic amines is 1. The van der Waals surface area contributed by atoms with Crippen molar-refractivity contribution in [1.82, 2.24) is 14.9 Å². The Hall–Kier alpha value is -2.83. The largest absolute Gasteiger partial charge is 0.493 e. The van der Waals surface area contributed by atoms with Gasteiger partial charge in [0.2, 0.25) is 5.88 Å². The van der Waals surface area contributed by atoms with E-state index in [9.17, 15) is 19.5 Å². The molecular weight excluding hydrogens is 310 g/mol. The normalized spacial score (nSPS) is 10.6. The average Bonchev–Trinajstić information content (AvgIpc) is 2.51. The number of amides is 1. The Balaban J connectivity index is 2.61. The molecule has 2 rings (SSSR count). The molecule has 0 unspecified atom stereocenters. The van der Waals surface area contributed by atoms with Crippen LogP contribution in [0.15, 0.2) is 27.8 Å². The standard InChI is InChI=1S/C17H21N3O4/c1-4-5-9-18-14(21)13-15(22)19-17(24)20(16(13)23)12-8-6-7-10(2)11(12)3/h6-8,23H,4-5,9H2,1-3H3,(H,18,21)(H,19,22,24). The molecule has 128 valence electrons. The lowest BCUT2D eigenvalue weighted by Gasteiger charge is -2.14. The Morgan fingerprint density at radius 3 is 2.67 bits per heavy atom. The first-order chi connectivity index (χ1) is 11.4. The maximum absolute atomic E-state index is 12.2. The minimum absolute atomic E-state index is 0.386. The molecule has 1 heterocycles. The summed E-state index contributed by atoms with van der Waals surface area (Å²) in [7, 11) is 0. The number of carbonyl (C=O) groups excluding carboxylic acids is 1. The molecule has 1 aromatic heterocycles. The molecule has 0 atom stereocenters. The first-order valence-corrected chi connectivity index (χ1v) is 7.81. The quantitative estimate of drug-likeness (QED) is 0.720. The number of unbranched alkanes of at least 4 members (excludes halogenated alkanes) is 1. The van der Waals surface area contributed by atoms with Crippen LogP contribution in [-0.4, -0.2) is 27.1 Å². The zero-order chi connectivity index (χ0) is 17.9. The van der Waals surface area contributed by atoms with Crippen LogP contribution in [0.25, 0.3) is 5.69 Å². The second kappa shape index (κ2) is 7.16. The van der Waals surface area contributed by atoms with E-state index in [2.05, 4.69) is 10.3 Å². The Bertz CT molecular complexity index is 880. The third-order valence-electron chi connectivity index (χ3n) is 3.95. The van der Waals surface area contributed by atoms with Gasteiger partial charge in [-0.05, 0) is 37.5 Å². The molecule has 7 nitrogen and oxygen atoms in total. The molecule has 2 aromatic rings. The smallest absolute Gasteiger partial charge is 0.335 e. The summed E-state index contributed by atoms with van der Waals surface area (Å²) in [4.78, 5) is 38.5. The number of aromatic nitrogens is 2. The summed E-state index contributed by atoms with van der Waals surface area (Å²) < 4.78 is 0.943. The highest BCUT2D eigenvalue weighted by Crippen LogP contribution is 2.21. The summed E-state index contributed by atoms with van der Waals surface area (Å²) in [5.41, 5.74) is -0.0782. The summed E-state index contributed by atoms with van der Waals surface area (Å²) in [6.07, 6.45) is 1.63. The molecular formula is C17H21N3O4. The van der Waals surface area contributed by atoms with Crippen molar-refractivity contribution in [1.29, 1.82) is 0 Å². The first-order valence-electron chi connectivity index (χ1n) is 7.81. The summed E-state index contributed by atoms with van der Waals surface area (Å²) in [5.74, 6) is -1.37. The molecule has 0 aliphatic heterocycles. The molecule has 0 aliphatic carbocycles. The Kier molecular flexibility index (Phi) is 5.23. The topological polar surface area (TPSA) is 104 Å². The Morgan fingerprint density at radius 1 is 1.29 bits per heavy atom. The number of benzene rings is 1. The van der Waals surface area contributed by atoms with E-state index in [4.69, 9.17) is 0 Å². The van der Waals surface area contributed by atoms with Gasteiger partial charge in [0.15, 0.2) is 5.56 Å². The van der Waals surface area contributed by atoms with E-state index >= 15 is 0 Å². The van der Waals surface area contributed by atoms with Gasteiger partial charge in [0.25, 0.3) is 11.5 Å². The van der Waals surface area contributed by atoms with Crippen LogP contribution in [0.4, 0.5) is 0 Å². The van der Waals surface area contributed by atoms with Crippen LogP contribution in [0.2, 0.25) is 0 Å². The van der Waals surface area contributed by atoms with Crippen molar-refractivity contribution >= 4 is 5.91 Å². The van der Waals surface area contributed by atoms with Crippen LogP contribution in [-0.2, 0) is 0 Å². The molecule has 0 saturated heterocycles. The lowest BCUT2D eigenvalue weighted by Crippen LogP contribution is -2.37. The van der Waals surface area contributed by atoms with E-state index in [0.29, 0.717) is 12.2 Å². The van der Waals surface area contributed by atoms with Gasteiger partial charge < -0.3 is 10.4 Å². The fourth-order valence-electron chi connectivity index (χ4n) is 2.40. The second-order valence-electron chi connectivity index (χ2n) is 5.62. The second-order valence-corrected chi connectivity index (χ2v) is 5.62. The predicted molar refractivity (Wildman–Crippen MR) is 91.0 cm³/mol. The number of hydrogen-bond acceptors (Lipinski definition) is 4. The highest BCUT2D eigenvalue weighted by molar-refractivity contribution is 5.96. The molecule has 0 radical (unpaired) electrons. The molecule has 3 N–H and O–H groups in total. The van der Waals surface area contributed by atoms with Crippen LogP contribution in [0.3, 0.4) is 0 Å². The van der Waals surface area contributed by atoms with Crippen molar-refractivity contribution in [2.45, 2.75) is 33.6 Å². The van der Waals surface area contributed by atoms with E-state index < -0.39 is 28.6 Å². The van der Waals surface area contributed by atoms with Gasteiger partial charge in [-0.2, -0.15) is 0 Å². The van der Waals surface area contributed by atoms with Crippen molar-refractivity contribution in [2.75, 3.05) is 6.54 Å². The Morgan fingerprint density at radius 2 is 2.00 bits per heavy atom. The van der Waals surface area contributed by atoms with Crippen LogP contribution < -0.4 is 16.6 Å². The number of rotatable bonds is 5. The molecule has 24 heavy (non-hydrogen) atoms. The van der Waals surface area contributed by atoms with Gasteiger partial charge in [-0.3, -0.25) is 14.6 Å². The van der Waals surface area contributed by atoms with E-state index in [1.807, 2.05) is 19.9 Å². The van der Waals surface area contributed by atoms with E-state index in [1.54, 1.807) is 19.1 Å². The summed E-state index contributed by atoms with van der Waals surface area (Å²) >= 11 is 0. The summed E-state index contributed by atoms with van der Waals surface area (Å²) in [6, 6.07) is 5.24. The molecule has 0 spiro atoms. The van der Waals surface area contributed by atoms with Gasteiger partial charge >= 0.3 is 5.69 Å². The van der Waals surface area contributed by atoms with E-state index in [1.165, 1.54) is 0 Å². The van der Waals surface area contributed by atoms with Crippen molar-refractivity contribution in [2.24, 2.45) is 0 Å². The van der Waals surface area contributed by atoms with Gasteiger partial charge in [-0.1, -0.05) is 25.5 Å². The lowest BCUT2D eigenvalue weighted by molar-refractivity contribution is 0.0947. The van der Waals surface area contributed by atoms with Gasteiger partial charge in [-0.15, -0.1) is 0 Å². The number of H-pyrrole nitrogens is 1. The highest BCUT2D eigenvalue weighted by atomic mass is 16.3. The molecule has 7 heteroatoms. The number of nitrogens with one attached hydrogen (secondary N) is 2. The maximum Gasteiger partial charge on any atom is 0.335 e. The van der Waals surface area contributed by atoms with Crippen molar-refractivity contribution in [3.05, 3.63) is 55.7 Å². The molecule has 1 aromatic carbocycles. The molecule has 0 fully saturated rings. The monoisotopic (exact) mass is 331 g/mol. The van der Waals surface area contributed by atoms with Crippen LogP contribution in [0.5, 0.6) is 5.88 Å². The molecule has 0 saturated carbocycles. The van der Waals surface area contributed by atoms with Crippen molar-refractivity contribution in [3.63, 3.8) is 0 Å². The van der Waals surface area contributed by atoms with Crippen LogP contribution in [0.1, 0.15) is 41.3 Å². The van der Waals surface area contributed by atoms with Gasteiger partial charge in [0.05, 0.1) is 5.69 Å². The third-order valence-corrected chi connectivity index (χ3v) is 3.95. The number of aryl methyl sites for hydroxylation is 1. The average molecular weight is 331 g/mol. The number of carbonyl (C=O) groups is 1. The fraction of sp³-hybridized carbons (Fsp3) is 0.353. The van der Waals surface area contributed by atoms with Gasteiger partial charge in [-0.25, -0.2) is 9.36 Å². The third kappa shape index (κ3) is 3.24. The minimum Gasteiger partial charge on any atom is -0.493 e. The first kappa shape index (κ1) is 17.5. The molecule has 0 bridgehead atoms. The summed E-state index contributed by atoms with van der Waals surface area (Å²) in [5, 5.41) is 13.0. The SMILES string of the molecule is CCCCNC(=O)c1c(O)n(-c2cccc(C)c2C)c(=O)[nH]c1=O. The molecule has 0 aliphatic rings. The minimum atomic E-state index is -0.909. The van der Waals surface area contributed by atoms with Crippen LogP contribution >= 0.6 is 0 Å². The highest BCUT2D eigenvalue weighted by Gasteiger charge is 2.22. The number of nitrogens with zero attached hydrogens (tertiary/aromatic N) is 1.